The summed E-state index contributed by atoms with van der Waals surface area (Å²) in [6.07, 6.45) is 2.06. The Bertz CT molecular complexity index is 1650. The Labute approximate surface area is 200 Å². The molecule has 7 nitrogen and oxygen atoms in total. The Balaban J connectivity index is 1.74. The molecule has 34 heavy (non-hydrogen) atoms. The third kappa shape index (κ3) is 2.86. The van der Waals surface area contributed by atoms with E-state index in [0.717, 1.165) is 62.3 Å². The highest BCUT2D eigenvalue weighted by molar-refractivity contribution is 7.96. The zero-order valence-corrected chi connectivity index (χ0v) is 20.0. The van der Waals surface area contributed by atoms with Gasteiger partial charge in [0.05, 0.1) is 34.3 Å². The van der Waals surface area contributed by atoms with Gasteiger partial charge >= 0.3 is 0 Å². The second-order valence-corrected chi connectivity index (χ2v) is 9.47. The lowest BCUT2D eigenvalue weighted by molar-refractivity contribution is 0.0880. The highest BCUT2D eigenvalue weighted by atomic mass is 32.2. The van der Waals surface area contributed by atoms with Crippen molar-refractivity contribution in [1.82, 2.24) is 19.2 Å². The van der Waals surface area contributed by atoms with Crippen LogP contribution in [0.5, 0.6) is 0 Å². The van der Waals surface area contributed by atoms with Crippen LogP contribution in [0.3, 0.4) is 0 Å². The first kappa shape index (κ1) is 21.2. The van der Waals surface area contributed by atoms with Gasteiger partial charge in [-0.3, -0.25) is 14.9 Å². The maximum atomic E-state index is 13.1. The summed E-state index contributed by atoms with van der Waals surface area (Å²) in [5, 5.41) is 6.10. The molecule has 1 aliphatic heterocycles. The second-order valence-electron chi connectivity index (χ2n) is 8.59. The highest BCUT2D eigenvalue weighted by Gasteiger charge is 2.35. The van der Waals surface area contributed by atoms with E-state index in [1.807, 2.05) is 43.4 Å². The van der Waals surface area contributed by atoms with Gasteiger partial charge in [-0.25, -0.2) is 4.31 Å². The number of aromatic nitrogens is 2. The average Bonchev–Trinajstić information content (AvgIpc) is 3.46. The molecule has 0 fully saturated rings. The summed E-state index contributed by atoms with van der Waals surface area (Å²) >= 11 is 1.68. The molecule has 0 saturated carbocycles. The van der Waals surface area contributed by atoms with E-state index in [1.54, 1.807) is 19.1 Å². The monoisotopic (exact) mass is 472 g/mol. The van der Waals surface area contributed by atoms with Crippen LogP contribution in [0.4, 0.5) is 0 Å². The summed E-state index contributed by atoms with van der Waals surface area (Å²) in [5.41, 5.74) is 5.92. The number of para-hydroxylation sites is 2. The van der Waals surface area contributed by atoms with Crippen LogP contribution in [-0.2, 0) is 18.3 Å². The van der Waals surface area contributed by atoms with Crippen LogP contribution in [0.1, 0.15) is 26.3 Å². The molecule has 0 bridgehead atoms. The lowest BCUT2D eigenvalue weighted by Gasteiger charge is -2.19. The maximum Gasteiger partial charge on any atom is 0.259 e. The zero-order chi connectivity index (χ0) is 23.6. The van der Waals surface area contributed by atoms with Gasteiger partial charge in [0.1, 0.15) is 0 Å². The quantitative estimate of drug-likeness (QED) is 0.279. The number of hydrogen-bond donors (Lipinski definition) is 2. The van der Waals surface area contributed by atoms with E-state index < -0.39 is 0 Å². The van der Waals surface area contributed by atoms with Gasteiger partial charge in [-0.05, 0) is 17.9 Å². The average molecular weight is 473 g/mol. The highest BCUT2D eigenvalue weighted by Crippen LogP contribution is 2.43. The molecule has 8 heteroatoms. The lowest BCUT2D eigenvalue weighted by atomic mass is 9.96. The van der Waals surface area contributed by atoms with Crippen LogP contribution in [0.15, 0.2) is 42.5 Å². The van der Waals surface area contributed by atoms with Crippen LogP contribution in [0, 0.1) is 0 Å². The fraction of sp³-hybridized carbons (Fsp3) is 0.231. The van der Waals surface area contributed by atoms with E-state index in [2.05, 4.69) is 31.5 Å². The third-order valence-electron chi connectivity index (χ3n) is 6.82. The number of benzene rings is 3. The maximum absolute atomic E-state index is 13.1. The molecule has 0 saturated heterocycles. The lowest BCUT2D eigenvalue weighted by Crippen LogP contribution is -2.20. The molecule has 5 aromatic rings. The van der Waals surface area contributed by atoms with Crippen molar-refractivity contribution < 1.29 is 14.3 Å². The van der Waals surface area contributed by atoms with Crippen molar-refractivity contribution in [3.8, 4) is 0 Å². The smallest absolute Gasteiger partial charge is 0.259 e. The topological polar surface area (TPSA) is 79.4 Å². The number of H-pyrrole nitrogens is 1. The summed E-state index contributed by atoms with van der Waals surface area (Å²) < 4.78 is 9.71. The van der Waals surface area contributed by atoms with Crippen LogP contribution >= 0.6 is 11.9 Å². The number of imide groups is 1. The van der Waals surface area contributed by atoms with Gasteiger partial charge in [0, 0.05) is 54.3 Å². The first-order valence-corrected chi connectivity index (χ1v) is 12.3. The van der Waals surface area contributed by atoms with Crippen molar-refractivity contribution in [3.05, 3.63) is 59.2 Å². The molecule has 172 valence electrons. The first-order valence-electron chi connectivity index (χ1n) is 11.1. The Morgan fingerprint density at radius 2 is 1.71 bits per heavy atom. The fourth-order valence-corrected chi connectivity index (χ4v) is 5.92. The number of amides is 2. The number of aromatic amines is 1. The van der Waals surface area contributed by atoms with Crippen molar-refractivity contribution in [2.75, 3.05) is 26.5 Å². The predicted octanol–water partition coefficient (Wildman–Crippen LogP) is 4.58. The van der Waals surface area contributed by atoms with Gasteiger partial charge in [0.15, 0.2) is 0 Å². The molecule has 2 amide bonds. The van der Waals surface area contributed by atoms with E-state index >= 15 is 0 Å². The molecular weight excluding hydrogens is 448 g/mol. The third-order valence-corrected chi connectivity index (χ3v) is 7.65. The van der Waals surface area contributed by atoms with Crippen LogP contribution in [0.2, 0.25) is 0 Å². The number of methoxy groups -OCH3 is 1. The Kier molecular flexibility index (Phi) is 4.91. The molecule has 0 radical (unpaired) electrons. The number of rotatable bonds is 6. The van der Waals surface area contributed by atoms with Crippen LogP contribution in [-0.4, -0.2) is 52.2 Å². The number of carbonyl (C=O) groups excluding carboxylic acids is 2. The van der Waals surface area contributed by atoms with E-state index in [4.69, 9.17) is 4.74 Å². The molecule has 1 aliphatic rings. The first-order chi connectivity index (χ1) is 16.5. The SMILES string of the molecule is COCCN(Cc1cccc2c3c4c(c5c6ccccc6[nH]c5c3n(C)c12)C(=O)NC4=O)SC. The van der Waals surface area contributed by atoms with Crippen molar-refractivity contribution >= 4 is 67.4 Å². The molecular formula is C26H24N4O3S. The number of ether oxygens (including phenoxy) is 1. The molecule has 0 unspecified atom stereocenters. The minimum atomic E-state index is -0.335. The summed E-state index contributed by atoms with van der Waals surface area (Å²) in [5.74, 6) is -0.668. The number of fused-ring (bicyclic) bond motifs is 10. The van der Waals surface area contributed by atoms with Crippen molar-refractivity contribution in [3.63, 3.8) is 0 Å². The number of aryl methyl sites for hydroxylation is 1. The largest absolute Gasteiger partial charge is 0.383 e. The summed E-state index contributed by atoms with van der Waals surface area (Å²) in [6.45, 7) is 2.18. The standard InChI is InChI=1S/C26H24N4O3S/c1-29-23-14(13-30(34-3)11-12-33-2)7-6-9-16(23)19-21-20(25(31)28-26(21)32)18-15-8-4-5-10-17(15)27-22(18)24(19)29/h4-10,27H,11-13H2,1-3H3,(H,28,31,32). The van der Waals surface area contributed by atoms with Gasteiger partial charge in [-0.1, -0.05) is 48.3 Å². The van der Waals surface area contributed by atoms with Gasteiger partial charge in [-0.15, -0.1) is 0 Å². The van der Waals surface area contributed by atoms with E-state index in [1.165, 1.54) is 0 Å². The van der Waals surface area contributed by atoms with Crippen LogP contribution < -0.4 is 5.32 Å². The Morgan fingerprint density at radius 3 is 2.47 bits per heavy atom. The normalized spacial score (nSPS) is 13.8. The number of carbonyl (C=O) groups is 2. The number of nitrogens with zero attached hydrogens (tertiary/aromatic N) is 2. The molecule has 0 spiro atoms. The zero-order valence-electron chi connectivity index (χ0n) is 19.2. The number of hydrogen-bond acceptors (Lipinski definition) is 5. The molecule has 6 rings (SSSR count). The molecule has 0 aliphatic carbocycles. The second kappa shape index (κ2) is 7.87. The van der Waals surface area contributed by atoms with Crippen molar-refractivity contribution in [2.45, 2.75) is 6.54 Å². The molecule has 2 aromatic heterocycles. The van der Waals surface area contributed by atoms with E-state index in [-0.39, 0.29) is 11.8 Å². The number of nitrogens with one attached hydrogen (secondary N) is 2. The Hall–Kier alpha value is -3.33. The summed E-state index contributed by atoms with van der Waals surface area (Å²) in [6, 6.07) is 14.1. The van der Waals surface area contributed by atoms with Gasteiger partial charge in [0.2, 0.25) is 0 Å². The molecule has 3 heterocycles. The van der Waals surface area contributed by atoms with E-state index in [9.17, 15) is 9.59 Å². The molecule has 3 aromatic carbocycles. The van der Waals surface area contributed by atoms with E-state index in [0.29, 0.717) is 17.7 Å². The fourth-order valence-electron chi connectivity index (χ4n) is 5.40. The minimum absolute atomic E-state index is 0.332. The van der Waals surface area contributed by atoms with Gasteiger partial charge in [0.25, 0.3) is 11.8 Å². The summed E-state index contributed by atoms with van der Waals surface area (Å²) in [4.78, 5) is 29.6. The van der Waals surface area contributed by atoms with Gasteiger partial charge < -0.3 is 14.3 Å². The molecule has 0 atom stereocenters. The van der Waals surface area contributed by atoms with Crippen LogP contribution in [0.25, 0.3) is 43.6 Å². The summed E-state index contributed by atoms with van der Waals surface area (Å²) in [7, 11) is 3.75. The van der Waals surface area contributed by atoms with Gasteiger partial charge in [-0.2, -0.15) is 0 Å². The van der Waals surface area contributed by atoms with Crippen molar-refractivity contribution in [1.29, 1.82) is 0 Å². The van der Waals surface area contributed by atoms with Crippen molar-refractivity contribution in [2.24, 2.45) is 7.05 Å². The Morgan fingerprint density at radius 1 is 0.971 bits per heavy atom. The predicted molar refractivity (Wildman–Crippen MR) is 137 cm³/mol. The minimum Gasteiger partial charge on any atom is -0.383 e. The molecule has 2 N–H and O–H groups in total.